The normalized spacial score (nSPS) is 10.4. The third-order valence-electron chi connectivity index (χ3n) is 2.41. The fraction of sp³-hybridized carbons (Fsp3) is 0.167. The number of anilines is 3. The van der Waals surface area contributed by atoms with Crippen LogP contribution in [0.3, 0.4) is 0 Å². The Hall–Kier alpha value is -2.22. The van der Waals surface area contributed by atoms with Crippen molar-refractivity contribution in [2.75, 3.05) is 30.0 Å². The summed E-state index contributed by atoms with van der Waals surface area (Å²) in [5, 5.41) is 2.83. The summed E-state index contributed by atoms with van der Waals surface area (Å²) in [4.78, 5) is 17.9. The Morgan fingerprint density at radius 3 is 2.70 bits per heavy atom. The predicted octanol–water partition coefficient (Wildman–Crippen LogP) is 2.32. The maximum Gasteiger partial charge on any atom is 0.269 e. The largest absolute Gasteiger partial charge is 0.382 e. The van der Waals surface area contributed by atoms with Gasteiger partial charge in [0.25, 0.3) is 5.91 Å². The molecule has 1 aromatic heterocycles. The Bertz CT molecular complexity index is 657. The van der Waals surface area contributed by atoms with Crippen LogP contribution in [0.2, 0.25) is 0 Å². The lowest BCUT2D eigenvalue weighted by Crippen LogP contribution is -2.13. The molecule has 0 aliphatic heterocycles. The van der Waals surface area contributed by atoms with Crippen LogP contribution in [-0.2, 0) is 0 Å². The summed E-state index contributed by atoms with van der Waals surface area (Å²) < 4.78 is 26.5. The standard InChI is InChI=1S/C12H12F2N4OS/c1-18(2)12-17-10(15)9(20-12)11(19)16-8-5-6(13)3-4-7(8)14/h3-5H,15H2,1-2H3,(H,16,19). The van der Waals surface area contributed by atoms with Crippen LogP contribution in [0.4, 0.5) is 25.4 Å². The zero-order chi connectivity index (χ0) is 14.9. The monoisotopic (exact) mass is 298 g/mol. The molecular formula is C12H12F2N4OS. The molecule has 0 aliphatic rings. The summed E-state index contributed by atoms with van der Waals surface area (Å²) >= 11 is 1.07. The molecule has 1 heterocycles. The van der Waals surface area contributed by atoms with Crippen molar-refractivity contribution in [3.8, 4) is 0 Å². The highest BCUT2D eigenvalue weighted by molar-refractivity contribution is 7.18. The number of hydrogen-bond donors (Lipinski definition) is 2. The van der Waals surface area contributed by atoms with E-state index in [9.17, 15) is 13.6 Å². The number of nitrogens with one attached hydrogen (secondary N) is 1. The second kappa shape index (κ2) is 5.41. The molecule has 1 amide bonds. The van der Waals surface area contributed by atoms with E-state index < -0.39 is 17.5 Å². The van der Waals surface area contributed by atoms with Crippen LogP contribution in [0.5, 0.6) is 0 Å². The van der Waals surface area contributed by atoms with Gasteiger partial charge in [-0.05, 0) is 12.1 Å². The molecular weight excluding hydrogens is 286 g/mol. The maximum atomic E-state index is 13.4. The number of benzene rings is 1. The molecule has 20 heavy (non-hydrogen) atoms. The number of carbonyl (C=O) groups is 1. The fourth-order valence-corrected chi connectivity index (χ4v) is 2.25. The van der Waals surface area contributed by atoms with Gasteiger partial charge in [0.05, 0.1) is 5.69 Å². The number of thiazole rings is 1. The zero-order valence-corrected chi connectivity index (χ0v) is 11.6. The summed E-state index contributed by atoms with van der Waals surface area (Å²) in [6, 6.07) is 2.81. The molecule has 0 saturated carbocycles. The van der Waals surface area contributed by atoms with Crippen LogP contribution in [0, 0.1) is 11.6 Å². The topological polar surface area (TPSA) is 71.2 Å². The second-order valence-electron chi connectivity index (χ2n) is 4.18. The average molecular weight is 298 g/mol. The molecule has 0 saturated heterocycles. The maximum absolute atomic E-state index is 13.4. The number of hydrogen-bond acceptors (Lipinski definition) is 5. The first kappa shape index (κ1) is 14.2. The molecule has 106 valence electrons. The first-order chi connectivity index (χ1) is 9.38. The first-order valence-corrected chi connectivity index (χ1v) is 6.40. The lowest BCUT2D eigenvalue weighted by molar-refractivity contribution is 0.103. The number of halogens is 2. The van der Waals surface area contributed by atoms with Gasteiger partial charge in [0.2, 0.25) is 0 Å². The Kier molecular flexibility index (Phi) is 3.84. The lowest BCUT2D eigenvalue weighted by atomic mass is 10.3. The lowest BCUT2D eigenvalue weighted by Gasteiger charge is -2.06. The Morgan fingerprint density at radius 2 is 2.10 bits per heavy atom. The van der Waals surface area contributed by atoms with Crippen molar-refractivity contribution < 1.29 is 13.6 Å². The Morgan fingerprint density at radius 1 is 1.40 bits per heavy atom. The van der Waals surface area contributed by atoms with E-state index in [0.717, 1.165) is 29.5 Å². The van der Waals surface area contributed by atoms with Crippen LogP contribution in [0.15, 0.2) is 18.2 Å². The van der Waals surface area contributed by atoms with E-state index in [-0.39, 0.29) is 16.4 Å². The minimum Gasteiger partial charge on any atom is -0.382 e. The molecule has 0 radical (unpaired) electrons. The van der Waals surface area contributed by atoms with E-state index in [4.69, 9.17) is 5.73 Å². The van der Waals surface area contributed by atoms with Crippen LogP contribution in [0.25, 0.3) is 0 Å². The Labute approximate surface area is 118 Å². The SMILES string of the molecule is CN(C)c1nc(N)c(C(=O)Nc2cc(F)ccc2F)s1. The van der Waals surface area contributed by atoms with Gasteiger partial charge in [-0.15, -0.1) is 0 Å². The molecule has 2 aromatic rings. The van der Waals surface area contributed by atoms with Crippen LogP contribution in [0.1, 0.15) is 9.67 Å². The molecule has 0 aliphatic carbocycles. The van der Waals surface area contributed by atoms with Crippen molar-refractivity contribution in [3.63, 3.8) is 0 Å². The van der Waals surface area contributed by atoms with E-state index in [2.05, 4.69) is 10.3 Å². The smallest absolute Gasteiger partial charge is 0.269 e. The van der Waals surface area contributed by atoms with Gasteiger partial charge in [-0.1, -0.05) is 11.3 Å². The highest BCUT2D eigenvalue weighted by Gasteiger charge is 2.18. The molecule has 0 bridgehead atoms. The summed E-state index contributed by atoms with van der Waals surface area (Å²) in [7, 11) is 3.51. The molecule has 3 N–H and O–H groups in total. The molecule has 0 spiro atoms. The average Bonchev–Trinajstić information content (AvgIpc) is 2.76. The molecule has 0 unspecified atom stereocenters. The van der Waals surface area contributed by atoms with Crippen LogP contribution < -0.4 is 16.0 Å². The second-order valence-corrected chi connectivity index (χ2v) is 5.16. The van der Waals surface area contributed by atoms with Gasteiger partial charge in [-0.2, -0.15) is 0 Å². The zero-order valence-electron chi connectivity index (χ0n) is 10.8. The molecule has 2 rings (SSSR count). The van der Waals surface area contributed by atoms with E-state index >= 15 is 0 Å². The predicted molar refractivity (Wildman–Crippen MR) is 75.2 cm³/mol. The summed E-state index contributed by atoms with van der Waals surface area (Å²) in [5.74, 6) is -1.95. The van der Waals surface area contributed by atoms with E-state index in [1.807, 2.05) is 0 Å². The van der Waals surface area contributed by atoms with Crippen molar-refractivity contribution in [2.24, 2.45) is 0 Å². The van der Waals surface area contributed by atoms with Gasteiger partial charge < -0.3 is 16.0 Å². The van der Waals surface area contributed by atoms with E-state index in [0.29, 0.717) is 5.13 Å². The number of carbonyl (C=O) groups excluding carboxylic acids is 1. The number of nitrogens with zero attached hydrogens (tertiary/aromatic N) is 2. The van der Waals surface area contributed by atoms with Crippen LogP contribution >= 0.6 is 11.3 Å². The van der Waals surface area contributed by atoms with Gasteiger partial charge >= 0.3 is 0 Å². The van der Waals surface area contributed by atoms with E-state index in [1.54, 1.807) is 19.0 Å². The number of nitrogen functional groups attached to an aromatic ring is 1. The van der Waals surface area contributed by atoms with Crippen molar-refractivity contribution in [1.82, 2.24) is 4.98 Å². The molecule has 1 aromatic carbocycles. The van der Waals surface area contributed by atoms with Crippen LogP contribution in [-0.4, -0.2) is 25.0 Å². The number of nitrogens with two attached hydrogens (primary N) is 1. The molecule has 0 atom stereocenters. The van der Waals surface area contributed by atoms with Gasteiger partial charge in [0, 0.05) is 20.2 Å². The number of rotatable bonds is 3. The third kappa shape index (κ3) is 2.85. The summed E-state index contributed by atoms with van der Waals surface area (Å²) in [6.07, 6.45) is 0. The van der Waals surface area contributed by atoms with Gasteiger partial charge in [-0.25, -0.2) is 13.8 Å². The fourth-order valence-electron chi connectivity index (χ4n) is 1.45. The highest BCUT2D eigenvalue weighted by atomic mass is 32.1. The number of aromatic nitrogens is 1. The van der Waals surface area contributed by atoms with Gasteiger partial charge in [0.15, 0.2) is 5.13 Å². The quantitative estimate of drug-likeness (QED) is 0.912. The first-order valence-electron chi connectivity index (χ1n) is 5.58. The minimum atomic E-state index is -0.726. The minimum absolute atomic E-state index is 0.0491. The van der Waals surface area contributed by atoms with Crippen molar-refractivity contribution in [3.05, 3.63) is 34.7 Å². The third-order valence-corrected chi connectivity index (χ3v) is 3.65. The van der Waals surface area contributed by atoms with Crippen molar-refractivity contribution in [2.45, 2.75) is 0 Å². The number of amides is 1. The molecule has 8 heteroatoms. The summed E-state index contributed by atoms with van der Waals surface area (Å²) in [6.45, 7) is 0. The highest BCUT2D eigenvalue weighted by Crippen LogP contribution is 2.28. The van der Waals surface area contributed by atoms with Gasteiger partial charge in [-0.3, -0.25) is 4.79 Å². The Balaban J connectivity index is 2.26. The molecule has 0 fully saturated rings. The van der Waals surface area contributed by atoms with E-state index in [1.165, 1.54) is 0 Å². The molecule has 5 nitrogen and oxygen atoms in total. The van der Waals surface area contributed by atoms with Crippen molar-refractivity contribution >= 4 is 33.9 Å². The van der Waals surface area contributed by atoms with Gasteiger partial charge in [0.1, 0.15) is 22.3 Å². The summed E-state index contributed by atoms with van der Waals surface area (Å²) in [5.41, 5.74) is 5.40. The van der Waals surface area contributed by atoms with Crippen molar-refractivity contribution in [1.29, 1.82) is 0 Å².